The molecule has 2 nitrogen and oxygen atoms in total. The van der Waals surface area contributed by atoms with Crippen LogP contribution in [-0.4, -0.2) is 11.1 Å². The summed E-state index contributed by atoms with van der Waals surface area (Å²) >= 11 is 0. The van der Waals surface area contributed by atoms with E-state index in [4.69, 9.17) is 0 Å². The molecule has 2 aromatic rings. The molecule has 0 amide bonds. The van der Waals surface area contributed by atoms with Gasteiger partial charge < -0.3 is 5.11 Å². The van der Waals surface area contributed by atoms with E-state index >= 15 is 0 Å². The zero-order valence-corrected chi connectivity index (χ0v) is 11.4. The van der Waals surface area contributed by atoms with Crippen molar-refractivity contribution in [1.29, 1.82) is 0 Å². The molecular formula is C18H18O2. The zero-order chi connectivity index (χ0) is 14.1. The van der Waals surface area contributed by atoms with Crippen LogP contribution in [0, 0.1) is 11.8 Å². The van der Waals surface area contributed by atoms with E-state index in [9.17, 15) is 9.90 Å². The van der Waals surface area contributed by atoms with Crippen molar-refractivity contribution in [3.63, 3.8) is 0 Å². The molecule has 0 aromatic heterocycles. The molecular weight excluding hydrogens is 248 g/mol. The van der Waals surface area contributed by atoms with Gasteiger partial charge >= 0.3 is 5.97 Å². The third-order valence-electron chi connectivity index (χ3n) is 4.56. The average molecular weight is 266 g/mol. The Labute approximate surface area is 119 Å². The van der Waals surface area contributed by atoms with Crippen molar-refractivity contribution in [3.05, 3.63) is 71.8 Å². The molecule has 0 heterocycles. The van der Waals surface area contributed by atoms with E-state index in [1.54, 1.807) is 0 Å². The highest BCUT2D eigenvalue weighted by atomic mass is 16.4. The molecule has 1 saturated carbocycles. The maximum atomic E-state index is 11.7. The summed E-state index contributed by atoms with van der Waals surface area (Å²) in [5.74, 6) is -0.445. The first-order valence-electron chi connectivity index (χ1n) is 7.03. The Morgan fingerprint density at radius 3 is 1.60 bits per heavy atom. The highest BCUT2D eigenvalue weighted by Crippen LogP contribution is 2.57. The number of hydrogen-bond acceptors (Lipinski definition) is 1. The van der Waals surface area contributed by atoms with Crippen molar-refractivity contribution in [1.82, 2.24) is 0 Å². The third-order valence-corrected chi connectivity index (χ3v) is 4.56. The molecule has 1 aliphatic carbocycles. The van der Waals surface area contributed by atoms with Gasteiger partial charge in [-0.05, 0) is 17.0 Å². The summed E-state index contributed by atoms with van der Waals surface area (Å²) in [6.45, 7) is 2.16. The highest BCUT2D eigenvalue weighted by Gasteiger charge is 2.52. The SMILES string of the molecule is CC1[C@H](c2ccccc2)C(C(=O)O)[C@H]1c1ccccc1. The van der Waals surface area contributed by atoms with Crippen LogP contribution in [0.25, 0.3) is 0 Å². The number of rotatable bonds is 3. The Kier molecular flexibility index (Phi) is 3.31. The van der Waals surface area contributed by atoms with Gasteiger partial charge in [-0.2, -0.15) is 0 Å². The lowest BCUT2D eigenvalue weighted by Gasteiger charge is -2.49. The molecule has 1 fully saturated rings. The normalized spacial score (nSPS) is 28.6. The van der Waals surface area contributed by atoms with Crippen molar-refractivity contribution in [3.8, 4) is 0 Å². The van der Waals surface area contributed by atoms with Crippen LogP contribution in [0.5, 0.6) is 0 Å². The van der Waals surface area contributed by atoms with Crippen molar-refractivity contribution >= 4 is 5.97 Å². The van der Waals surface area contributed by atoms with Gasteiger partial charge in [0.15, 0.2) is 0 Å². The predicted molar refractivity (Wildman–Crippen MR) is 78.7 cm³/mol. The molecule has 0 aliphatic heterocycles. The van der Waals surface area contributed by atoms with Gasteiger partial charge in [0, 0.05) is 11.8 Å². The molecule has 0 saturated heterocycles. The topological polar surface area (TPSA) is 37.3 Å². The fourth-order valence-corrected chi connectivity index (χ4v) is 3.63. The van der Waals surface area contributed by atoms with Gasteiger partial charge in [0.25, 0.3) is 0 Å². The molecule has 2 heteroatoms. The van der Waals surface area contributed by atoms with Gasteiger partial charge in [0.1, 0.15) is 0 Å². The van der Waals surface area contributed by atoms with E-state index in [-0.39, 0.29) is 17.8 Å². The number of hydrogen-bond donors (Lipinski definition) is 1. The standard InChI is InChI=1S/C18H18O2/c1-12-15(13-8-4-2-5-9-13)17(18(19)20)16(12)14-10-6-3-7-11-14/h2-12,15-17H,1H3,(H,19,20)/t12?,15-,16-,17?/m1/s1. The number of carboxylic acids is 1. The first-order chi connectivity index (χ1) is 9.70. The molecule has 1 N–H and O–H groups in total. The molecule has 102 valence electrons. The smallest absolute Gasteiger partial charge is 0.307 e. The Bertz CT molecular complexity index is 544. The second-order valence-corrected chi connectivity index (χ2v) is 5.60. The summed E-state index contributed by atoms with van der Waals surface area (Å²) in [4.78, 5) is 11.7. The fraction of sp³-hybridized carbons (Fsp3) is 0.278. The van der Waals surface area contributed by atoms with Crippen LogP contribution in [0.2, 0.25) is 0 Å². The van der Waals surface area contributed by atoms with Crippen LogP contribution < -0.4 is 0 Å². The van der Waals surface area contributed by atoms with Crippen molar-refractivity contribution in [2.45, 2.75) is 18.8 Å². The minimum Gasteiger partial charge on any atom is -0.481 e. The lowest BCUT2D eigenvalue weighted by molar-refractivity contribution is -0.149. The second-order valence-electron chi connectivity index (χ2n) is 5.60. The molecule has 3 rings (SSSR count). The lowest BCUT2D eigenvalue weighted by atomic mass is 9.53. The molecule has 2 aromatic carbocycles. The van der Waals surface area contributed by atoms with E-state index in [0.717, 1.165) is 11.1 Å². The Balaban J connectivity index is 1.94. The van der Waals surface area contributed by atoms with Gasteiger partial charge in [-0.15, -0.1) is 0 Å². The average Bonchev–Trinajstić information content (AvgIpc) is 2.46. The highest BCUT2D eigenvalue weighted by molar-refractivity contribution is 5.75. The van der Waals surface area contributed by atoms with Gasteiger partial charge in [-0.3, -0.25) is 4.79 Å². The van der Waals surface area contributed by atoms with Crippen LogP contribution in [-0.2, 0) is 4.79 Å². The zero-order valence-electron chi connectivity index (χ0n) is 11.4. The first-order valence-corrected chi connectivity index (χ1v) is 7.03. The number of benzene rings is 2. The molecule has 0 unspecified atom stereocenters. The van der Waals surface area contributed by atoms with Gasteiger partial charge in [0.2, 0.25) is 0 Å². The monoisotopic (exact) mass is 266 g/mol. The summed E-state index contributed by atoms with van der Waals surface area (Å²) < 4.78 is 0. The maximum Gasteiger partial charge on any atom is 0.307 e. The number of aliphatic carboxylic acids is 1. The predicted octanol–water partition coefficient (Wildman–Crippen LogP) is 3.90. The van der Waals surface area contributed by atoms with E-state index in [2.05, 4.69) is 6.92 Å². The minimum atomic E-state index is -0.689. The van der Waals surface area contributed by atoms with E-state index in [0.29, 0.717) is 5.92 Å². The van der Waals surface area contributed by atoms with Crippen molar-refractivity contribution in [2.75, 3.05) is 0 Å². The van der Waals surface area contributed by atoms with Crippen molar-refractivity contribution in [2.24, 2.45) is 11.8 Å². The number of carbonyl (C=O) groups is 1. The third kappa shape index (κ3) is 2.01. The van der Waals surface area contributed by atoms with Crippen LogP contribution in [0.15, 0.2) is 60.7 Å². The van der Waals surface area contributed by atoms with E-state index in [1.807, 2.05) is 60.7 Å². The Morgan fingerprint density at radius 1 is 0.850 bits per heavy atom. The Hall–Kier alpha value is -2.09. The first kappa shape index (κ1) is 12.9. The largest absolute Gasteiger partial charge is 0.481 e. The second kappa shape index (κ2) is 5.12. The van der Waals surface area contributed by atoms with E-state index < -0.39 is 5.97 Å². The summed E-state index contributed by atoms with van der Waals surface area (Å²) in [5.41, 5.74) is 2.28. The summed E-state index contributed by atoms with van der Waals surface area (Å²) in [6.07, 6.45) is 0. The number of carboxylic acid groups (broad SMARTS) is 1. The van der Waals surface area contributed by atoms with Gasteiger partial charge in [0.05, 0.1) is 5.92 Å². The minimum absolute atomic E-state index is 0.110. The van der Waals surface area contributed by atoms with E-state index in [1.165, 1.54) is 0 Å². The van der Waals surface area contributed by atoms with Crippen LogP contribution in [0.4, 0.5) is 0 Å². The fourth-order valence-electron chi connectivity index (χ4n) is 3.63. The van der Waals surface area contributed by atoms with Gasteiger partial charge in [-0.1, -0.05) is 67.6 Å². The molecule has 1 aliphatic rings. The molecule has 0 radical (unpaired) electrons. The van der Waals surface area contributed by atoms with Crippen LogP contribution in [0.3, 0.4) is 0 Å². The van der Waals surface area contributed by atoms with Crippen LogP contribution in [0.1, 0.15) is 29.9 Å². The quantitative estimate of drug-likeness (QED) is 0.914. The molecule has 20 heavy (non-hydrogen) atoms. The summed E-state index contributed by atoms with van der Waals surface area (Å²) in [6, 6.07) is 20.0. The maximum absolute atomic E-state index is 11.7. The summed E-state index contributed by atoms with van der Waals surface area (Å²) in [7, 11) is 0. The van der Waals surface area contributed by atoms with Crippen LogP contribution >= 0.6 is 0 Å². The van der Waals surface area contributed by atoms with Gasteiger partial charge in [-0.25, -0.2) is 0 Å². The molecule has 2 atom stereocenters. The van der Waals surface area contributed by atoms with Crippen molar-refractivity contribution < 1.29 is 9.90 Å². The lowest BCUT2D eigenvalue weighted by Crippen LogP contribution is -2.46. The Morgan fingerprint density at radius 2 is 1.25 bits per heavy atom. The molecule has 0 spiro atoms. The molecule has 0 bridgehead atoms. The summed E-state index contributed by atoms with van der Waals surface area (Å²) in [5, 5.41) is 9.61.